The molecule has 1 fully saturated rings. The lowest BCUT2D eigenvalue weighted by atomic mass is 9.86. The van der Waals surface area contributed by atoms with E-state index in [1.807, 2.05) is 13.8 Å². The van der Waals surface area contributed by atoms with E-state index in [9.17, 15) is 13.2 Å². The summed E-state index contributed by atoms with van der Waals surface area (Å²) in [7, 11) is 0. The van der Waals surface area contributed by atoms with Crippen molar-refractivity contribution >= 4 is 5.84 Å². The van der Waals surface area contributed by atoms with Crippen LogP contribution < -0.4 is 5.73 Å². The van der Waals surface area contributed by atoms with E-state index in [0.717, 1.165) is 12.8 Å². The van der Waals surface area contributed by atoms with Gasteiger partial charge in [-0.05, 0) is 32.2 Å². The Balaban J connectivity index is 2.41. The van der Waals surface area contributed by atoms with Crippen LogP contribution in [-0.2, 0) is 0 Å². The van der Waals surface area contributed by atoms with Gasteiger partial charge in [0.1, 0.15) is 5.84 Å². The number of oxime groups is 1. The first-order valence-corrected chi connectivity index (χ1v) is 6.44. The topological polar surface area (TPSA) is 61.8 Å². The molecule has 0 atom stereocenters. The molecule has 0 aromatic heterocycles. The van der Waals surface area contributed by atoms with Crippen molar-refractivity contribution in [2.45, 2.75) is 51.7 Å². The number of alkyl halides is 3. The first-order valence-electron chi connectivity index (χ1n) is 6.44. The van der Waals surface area contributed by atoms with Gasteiger partial charge in [-0.2, -0.15) is 13.2 Å². The fourth-order valence-electron chi connectivity index (χ4n) is 2.05. The molecule has 1 rings (SSSR count). The molecule has 0 amide bonds. The van der Waals surface area contributed by atoms with Crippen molar-refractivity contribution in [1.82, 2.24) is 4.90 Å². The molecule has 0 aromatic carbocycles. The van der Waals surface area contributed by atoms with Crippen LogP contribution in [0.2, 0.25) is 0 Å². The first-order chi connectivity index (χ1) is 8.65. The third-order valence-corrected chi connectivity index (χ3v) is 3.49. The number of rotatable bonds is 7. The Hall–Kier alpha value is -0.980. The van der Waals surface area contributed by atoms with Crippen molar-refractivity contribution in [3.05, 3.63) is 0 Å². The number of nitrogens with zero attached hydrogens (tertiary/aromatic N) is 2. The third-order valence-electron chi connectivity index (χ3n) is 3.49. The highest BCUT2D eigenvalue weighted by Crippen LogP contribution is 2.31. The monoisotopic (exact) mass is 281 g/mol. The van der Waals surface area contributed by atoms with Crippen molar-refractivity contribution in [3.8, 4) is 0 Å². The molecule has 112 valence electrons. The van der Waals surface area contributed by atoms with E-state index < -0.39 is 18.1 Å². The SMILES string of the molecule is CC(C)(CCCN(CC(F)(F)F)C1CC1)C(N)=NO. The molecule has 0 bridgehead atoms. The molecular formula is C12H22F3N3O. The van der Waals surface area contributed by atoms with E-state index in [2.05, 4.69) is 5.16 Å². The lowest BCUT2D eigenvalue weighted by Gasteiger charge is -2.27. The average molecular weight is 281 g/mol. The van der Waals surface area contributed by atoms with E-state index in [0.29, 0.717) is 19.4 Å². The zero-order chi connectivity index (χ0) is 14.7. The quantitative estimate of drug-likeness (QED) is 0.326. The van der Waals surface area contributed by atoms with Gasteiger partial charge in [-0.3, -0.25) is 4.90 Å². The highest BCUT2D eigenvalue weighted by Gasteiger charge is 2.37. The summed E-state index contributed by atoms with van der Waals surface area (Å²) in [4.78, 5) is 1.49. The smallest absolute Gasteiger partial charge is 0.401 e. The Morgan fingerprint density at radius 3 is 2.37 bits per heavy atom. The summed E-state index contributed by atoms with van der Waals surface area (Å²) in [5, 5.41) is 11.6. The van der Waals surface area contributed by atoms with Gasteiger partial charge in [0.05, 0.1) is 6.54 Å². The van der Waals surface area contributed by atoms with Crippen LogP contribution in [0.3, 0.4) is 0 Å². The van der Waals surface area contributed by atoms with Crippen LogP contribution in [-0.4, -0.2) is 41.3 Å². The maximum Gasteiger partial charge on any atom is 0.401 e. The lowest BCUT2D eigenvalue weighted by Crippen LogP contribution is -2.38. The van der Waals surface area contributed by atoms with Crippen molar-refractivity contribution in [2.75, 3.05) is 13.1 Å². The van der Waals surface area contributed by atoms with E-state index in [4.69, 9.17) is 10.9 Å². The van der Waals surface area contributed by atoms with Gasteiger partial charge >= 0.3 is 6.18 Å². The van der Waals surface area contributed by atoms with Crippen molar-refractivity contribution in [3.63, 3.8) is 0 Å². The maximum absolute atomic E-state index is 12.4. The van der Waals surface area contributed by atoms with Crippen molar-refractivity contribution in [1.29, 1.82) is 0 Å². The number of amidine groups is 1. The number of halogens is 3. The molecule has 19 heavy (non-hydrogen) atoms. The number of hydrogen-bond donors (Lipinski definition) is 2. The van der Waals surface area contributed by atoms with Crippen molar-refractivity contribution < 1.29 is 18.4 Å². The van der Waals surface area contributed by atoms with Crippen LogP contribution in [0, 0.1) is 5.41 Å². The summed E-state index contributed by atoms with van der Waals surface area (Å²) >= 11 is 0. The zero-order valence-corrected chi connectivity index (χ0v) is 11.4. The Morgan fingerprint density at radius 1 is 1.37 bits per heavy atom. The summed E-state index contributed by atoms with van der Waals surface area (Å²) in [5.41, 5.74) is 5.05. The standard InChI is InChI=1S/C12H22F3N3O/c1-11(2,10(16)17-19)6-3-7-18(9-4-5-9)8-12(13,14)15/h9,19H,3-8H2,1-2H3,(H2,16,17). The van der Waals surface area contributed by atoms with Crippen LogP contribution in [0.4, 0.5) is 13.2 Å². The Bertz CT molecular complexity index is 325. The van der Waals surface area contributed by atoms with Gasteiger partial charge in [0.25, 0.3) is 0 Å². The Kier molecular flexibility index (Phi) is 5.06. The van der Waals surface area contributed by atoms with Gasteiger partial charge in [-0.1, -0.05) is 19.0 Å². The number of nitrogens with two attached hydrogens (primary N) is 1. The second-order valence-electron chi connectivity index (χ2n) is 5.79. The first kappa shape index (κ1) is 16.1. The van der Waals surface area contributed by atoms with Gasteiger partial charge in [0.2, 0.25) is 0 Å². The van der Waals surface area contributed by atoms with Crippen molar-refractivity contribution in [2.24, 2.45) is 16.3 Å². The minimum absolute atomic E-state index is 0.0774. The highest BCUT2D eigenvalue weighted by atomic mass is 19.4. The van der Waals surface area contributed by atoms with Crippen LogP contribution in [0.5, 0.6) is 0 Å². The molecule has 0 saturated heterocycles. The molecule has 0 unspecified atom stereocenters. The molecule has 1 saturated carbocycles. The molecule has 0 spiro atoms. The molecule has 0 radical (unpaired) electrons. The molecule has 3 N–H and O–H groups in total. The summed E-state index contributed by atoms with van der Waals surface area (Å²) in [6, 6.07) is 0.0774. The molecule has 0 heterocycles. The van der Waals surface area contributed by atoms with Crippen LogP contribution >= 0.6 is 0 Å². The molecule has 1 aliphatic carbocycles. The predicted octanol–water partition coefficient (Wildman–Crippen LogP) is 2.57. The van der Waals surface area contributed by atoms with Crippen LogP contribution in [0.15, 0.2) is 5.16 Å². The fourth-order valence-corrected chi connectivity index (χ4v) is 2.05. The predicted molar refractivity (Wildman–Crippen MR) is 67.1 cm³/mol. The molecule has 7 heteroatoms. The largest absolute Gasteiger partial charge is 0.409 e. The normalized spacial score (nSPS) is 18.1. The number of hydrogen-bond acceptors (Lipinski definition) is 3. The maximum atomic E-state index is 12.4. The zero-order valence-electron chi connectivity index (χ0n) is 11.4. The van der Waals surface area contributed by atoms with Gasteiger partial charge in [0.15, 0.2) is 0 Å². The third kappa shape index (κ3) is 5.67. The van der Waals surface area contributed by atoms with E-state index in [1.165, 1.54) is 4.90 Å². The van der Waals surface area contributed by atoms with Gasteiger partial charge in [-0.15, -0.1) is 0 Å². The second kappa shape index (κ2) is 5.98. The molecule has 1 aliphatic rings. The molecular weight excluding hydrogens is 259 g/mol. The summed E-state index contributed by atoms with van der Waals surface area (Å²) in [6.45, 7) is 3.18. The van der Waals surface area contributed by atoms with Crippen LogP contribution in [0.25, 0.3) is 0 Å². The average Bonchev–Trinajstić information content (AvgIpc) is 3.08. The molecule has 0 aromatic rings. The molecule has 4 nitrogen and oxygen atoms in total. The second-order valence-corrected chi connectivity index (χ2v) is 5.79. The van der Waals surface area contributed by atoms with E-state index in [-0.39, 0.29) is 11.9 Å². The summed E-state index contributed by atoms with van der Waals surface area (Å²) in [5.74, 6) is 0.112. The minimum Gasteiger partial charge on any atom is -0.409 e. The lowest BCUT2D eigenvalue weighted by molar-refractivity contribution is -0.147. The summed E-state index contributed by atoms with van der Waals surface area (Å²) < 4.78 is 37.3. The minimum atomic E-state index is -4.15. The summed E-state index contributed by atoms with van der Waals surface area (Å²) in [6.07, 6.45) is -1.27. The van der Waals surface area contributed by atoms with E-state index in [1.54, 1.807) is 0 Å². The van der Waals surface area contributed by atoms with E-state index >= 15 is 0 Å². The van der Waals surface area contributed by atoms with Gasteiger partial charge < -0.3 is 10.9 Å². The Labute approximate surface area is 111 Å². The van der Waals surface area contributed by atoms with Crippen LogP contribution in [0.1, 0.15) is 39.5 Å². The van der Waals surface area contributed by atoms with Gasteiger partial charge in [-0.25, -0.2) is 0 Å². The fraction of sp³-hybridized carbons (Fsp3) is 0.917. The van der Waals surface area contributed by atoms with Gasteiger partial charge in [0, 0.05) is 11.5 Å². The molecule has 0 aliphatic heterocycles. The Morgan fingerprint density at radius 2 is 1.95 bits per heavy atom. The highest BCUT2D eigenvalue weighted by molar-refractivity contribution is 5.85.